The standard InChI is InChI=1S/C22H16O3/c1-15-11-12-19(20(13-15)24-17-8-3-2-4-9-17)21-14-16-7-5-6-10-18(16)22(23)25-21/h2-14H,1H3. The Balaban J connectivity index is 1.87. The lowest BCUT2D eigenvalue weighted by molar-refractivity contribution is 0.477. The summed E-state index contributed by atoms with van der Waals surface area (Å²) in [6, 6.07) is 24.7. The summed E-state index contributed by atoms with van der Waals surface area (Å²) in [5.74, 6) is 1.89. The van der Waals surface area contributed by atoms with Gasteiger partial charge in [-0.1, -0.05) is 42.5 Å². The molecule has 0 saturated heterocycles. The molecule has 0 aliphatic carbocycles. The summed E-state index contributed by atoms with van der Waals surface area (Å²) in [5, 5.41) is 1.42. The Kier molecular flexibility index (Phi) is 3.82. The van der Waals surface area contributed by atoms with Crippen LogP contribution in [0.2, 0.25) is 0 Å². The van der Waals surface area contributed by atoms with Crippen LogP contribution in [0.3, 0.4) is 0 Å². The van der Waals surface area contributed by atoms with Crippen molar-refractivity contribution in [2.45, 2.75) is 6.92 Å². The van der Waals surface area contributed by atoms with Gasteiger partial charge in [-0.2, -0.15) is 0 Å². The lowest BCUT2D eigenvalue weighted by Crippen LogP contribution is -2.00. The summed E-state index contributed by atoms with van der Waals surface area (Å²) >= 11 is 0. The maximum atomic E-state index is 12.3. The van der Waals surface area contributed by atoms with Gasteiger partial charge < -0.3 is 9.15 Å². The van der Waals surface area contributed by atoms with Crippen LogP contribution in [0.15, 0.2) is 88.1 Å². The average Bonchev–Trinajstić information content (AvgIpc) is 2.63. The van der Waals surface area contributed by atoms with Gasteiger partial charge in [0.15, 0.2) is 0 Å². The molecule has 1 aromatic heterocycles. The van der Waals surface area contributed by atoms with E-state index in [0.29, 0.717) is 16.9 Å². The molecule has 3 nitrogen and oxygen atoms in total. The SMILES string of the molecule is Cc1ccc(-c2cc3ccccc3c(=O)o2)c(Oc2ccccc2)c1. The molecule has 0 N–H and O–H groups in total. The number of benzene rings is 3. The number of hydrogen-bond donors (Lipinski definition) is 0. The summed E-state index contributed by atoms with van der Waals surface area (Å²) in [4.78, 5) is 12.3. The Hall–Kier alpha value is -3.33. The molecular formula is C22H16O3. The molecule has 0 bridgehead atoms. The first-order valence-corrected chi connectivity index (χ1v) is 8.07. The van der Waals surface area contributed by atoms with Crippen LogP contribution in [-0.4, -0.2) is 0 Å². The molecule has 4 aromatic rings. The summed E-state index contributed by atoms with van der Waals surface area (Å²) in [5.41, 5.74) is 1.47. The van der Waals surface area contributed by atoms with Crippen LogP contribution in [0.25, 0.3) is 22.1 Å². The minimum absolute atomic E-state index is 0.348. The normalized spacial score (nSPS) is 10.8. The van der Waals surface area contributed by atoms with E-state index in [1.165, 1.54) is 0 Å². The third-order valence-electron chi connectivity index (χ3n) is 4.04. The van der Waals surface area contributed by atoms with Crippen LogP contribution >= 0.6 is 0 Å². The topological polar surface area (TPSA) is 39.4 Å². The van der Waals surface area contributed by atoms with Gasteiger partial charge >= 0.3 is 5.63 Å². The van der Waals surface area contributed by atoms with Gasteiger partial charge in [-0.05, 0) is 54.3 Å². The maximum Gasteiger partial charge on any atom is 0.344 e. The van der Waals surface area contributed by atoms with Crippen LogP contribution in [-0.2, 0) is 0 Å². The first-order chi connectivity index (χ1) is 12.2. The molecule has 0 radical (unpaired) electrons. The lowest BCUT2D eigenvalue weighted by atomic mass is 10.1. The van der Waals surface area contributed by atoms with E-state index >= 15 is 0 Å². The Morgan fingerprint density at radius 2 is 1.60 bits per heavy atom. The van der Waals surface area contributed by atoms with E-state index in [1.54, 1.807) is 6.07 Å². The van der Waals surface area contributed by atoms with Crippen molar-refractivity contribution >= 4 is 10.8 Å². The molecular weight excluding hydrogens is 312 g/mol. The van der Waals surface area contributed by atoms with Crippen molar-refractivity contribution in [3.63, 3.8) is 0 Å². The zero-order valence-electron chi connectivity index (χ0n) is 13.7. The van der Waals surface area contributed by atoms with Crippen molar-refractivity contribution in [3.05, 3.63) is 94.8 Å². The third-order valence-corrected chi connectivity index (χ3v) is 4.04. The number of hydrogen-bond acceptors (Lipinski definition) is 3. The molecule has 1 heterocycles. The molecule has 0 saturated carbocycles. The summed E-state index contributed by atoms with van der Waals surface area (Å²) in [7, 11) is 0. The van der Waals surface area contributed by atoms with Crippen molar-refractivity contribution in [2.24, 2.45) is 0 Å². The Morgan fingerprint density at radius 3 is 2.44 bits per heavy atom. The van der Waals surface area contributed by atoms with Gasteiger partial charge in [-0.15, -0.1) is 0 Å². The number of para-hydroxylation sites is 1. The monoisotopic (exact) mass is 328 g/mol. The van der Waals surface area contributed by atoms with E-state index in [4.69, 9.17) is 9.15 Å². The summed E-state index contributed by atoms with van der Waals surface area (Å²) in [6.45, 7) is 2.00. The molecule has 0 amide bonds. The molecule has 0 spiro atoms. The predicted octanol–water partition coefficient (Wildman–Crippen LogP) is 5.56. The molecule has 4 rings (SSSR count). The second kappa shape index (κ2) is 6.29. The summed E-state index contributed by atoms with van der Waals surface area (Å²) < 4.78 is 11.6. The fraction of sp³-hybridized carbons (Fsp3) is 0.0455. The van der Waals surface area contributed by atoms with Gasteiger partial charge in [0.05, 0.1) is 10.9 Å². The van der Waals surface area contributed by atoms with Crippen molar-refractivity contribution in [1.29, 1.82) is 0 Å². The molecule has 0 aliphatic rings. The quantitative estimate of drug-likeness (QED) is 0.494. The van der Waals surface area contributed by atoms with Crippen LogP contribution in [0.1, 0.15) is 5.56 Å². The molecule has 0 atom stereocenters. The van der Waals surface area contributed by atoms with Gasteiger partial charge in [0, 0.05) is 0 Å². The van der Waals surface area contributed by atoms with E-state index < -0.39 is 0 Å². The molecule has 3 aromatic carbocycles. The number of fused-ring (bicyclic) bond motifs is 1. The molecule has 122 valence electrons. The minimum Gasteiger partial charge on any atom is -0.457 e. The largest absolute Gasteiger partial charge is 0.457 e. The van der Waals surface area contributed by atoms with Crippen molar-refractivity contribution < 1.29 is 9.15 Å². The Bertz CT molecular complexity index is 1090. The second-order valence-corrected chi connectivity index (χ2v) is 5.90. The zero-order chi connectivity index (χ0) is 17.2. The van der Waals surface area contributed by atoms with Crippen LogP contribution < -0.4 is 10.4 Å². The van der Waals surface area contributed by atoms with Crippen molar-refractivity contribution in [1.82, 2.24) is 0 Å². The maximum absolute atomic E-state index is 12.3. The highest BCUT2D eigenvalue weighted by Crippen LogP contribution is 2.34. The second-order valence-electron chi connectivity index (χ2n) is 5.90. The van der Waals surface area contributed by atoms with E-state index in [-0.39, 0.29) is 5.63 Å². The van der Waals surface area contributed by atoms with E-state index in [2.05, 4.69) is 0 Å². The van der Waals surface area contributed by atoms with Crippen LogP contribution in [0.5, 0.6) is 11.5 Å². The fourth-order valence-corrected chi connectivity index (χ4v) is 2.80. The minimum atomic E-state index is -0.348. The van der Waals surface area contributed by atoms with Crippen molar-refractivity contribution in [2.75, 3.05) is 0 Å². The molecule has 0 aliphatic heterocycles. The first-order valence-electron chi connectivity index (χ1n) is 8.07. The molecule has 0 fully saturated rings. The van der Waals surface area contributed by atoms with Crippen LogP contribution in [0.4, 0.5) is 0 Å². The highest BCUT2D eigenvalue weighted by atomic mass is 16.5. The molecule has 0 unspecified atom stereocenters. The van der Waals surface area contributed by atoms with Gasteiger partial charge in [0.2, 0.25) is 0 Å². The smallest absolute Gasteiger partial charge is 0.344 e. The highest BCUT2D eigenvalue weighted by Gasteiger charge is 2.13. The number of aryl methyl sites for hydroxylation is 1. The van der Waals surface area contributed by atoms with Crippen LogP contribution in [0, 0.1) is 6.92 Å². The summed E-state index contributed by atoms with van der Waals surface area (Å²) in [6.07, 6.45) is 0. The first kappa shape index (κ1) is 15.2. The van der Waals surface area contributed by atoms with E-state index in [0.717, 1.165) is 22.3 Å². The fourth-order valence-electron chi connectivity index (χ4n) is 2.80. The Labute approximate surface area is 145 Å². The third kappa shape index (κ3) is 3.04. The predicted molar refractivity (Wildman–Crippen MR) is 99.2 cm³/mol. The Morgan fingerprint density at radius 1 is 0.840 bits per heavy atom. The lowest BCUT2D eigenvalue weighted by Gasteiger charge is -2.12. The van der Waals surface area contributed by atoms with Gasteiger partial charge in [-0.3, -0.25) is 0 Å². The van der Waals surface area contributed by atoms with Crippen molar-refractivity contribution in [3.8, 4) is 22.8 Å². The molecule has 25 heavy (non-hydrogen) atoms. The van der Waals surface area contributed by atoms with Gasteiger partial charge in [0.1, 0.15) is 17.3 Å². The van der Waals surface area contributed by atoms with E-state index in [9.17, 15) is 4.79 Å². The van der Waals surface area contributed by atoms with Gasteiger partial charge in [0.25, 0.3) is 0 Å². The highest BCUT2D eigenvalue weighted by molar-refractivity contribution is 5.84. The average molecular weight is 328 g/mol. The van der Waals surface area contributed by atoms with Gasteiger partial charge in [-0.25, -0.2) is 4.79 Å². The van der Waals surface area contributed by atoms with E-state index in [1.807, 2.05) is 79.7 Å². The molecule has 3 heteroatoms. The number of rotatable bonds is 3. The number of ether oxygens (including phenoxy) is 1. The zero-order valence-corrected chi connectivity index (χ0v) is 13.7.